The Balaban J connectivity index is 1.97. The van der Waals surface area contributed by atoms with Gasteiger partial charge in [-0.1, -0.05) is 78.4 Å². The molecule has 0 aromatic heterocycles. The lowest BCUT2D eigenvalue weighted by Crippen LogP contribution is -2.32. The van der Waals surface area contributed by atoms with Gasteiger partial charge >= 0.3 is 0 Å². The predicted molar refractivity (Wildman–Crippen MR) is 102 cm³/mol. The van der Waals surface area contributed by atoms with Gasteiger partial charge in [0, 0.05) is 0 Å². The molecule has 0 aliphatic rings. The highest BCUT2D eigenvalue weighted by Gasteiger charge is 2.28. The van der Waals surface area contributed by atoms with E-state index in [1.54, 1.807) is 48.5 Å². The number of sulfonamides is 1. The van der Waals surface area contributed by atoms with Crippen molar-refractivity contribution in [2.45, 2.75) is 24.0 Å². The summed E-state index contributed by atoms with van der Waals surface area (Å²) in [5.41, 5.74) is 2.32. The van der Waals surface area contributed by atoms with E-state index in [0.717, 1.165) is 5.56 Å². The fraction of sp³-hybridized carbons (Fsp3) is 0.143. The summed E-state index contributed by atoms with van der Waals surface area (Å²) in [6.07, 6.45) is -1.01. The third kappa shape index (κ3) is 4.19. The summed E-state index contributed by atoms with van der Waals surface area (Å²) in [7, 11) is -3.79. The molecule has 0 bridgehead atoms. The molecule has 3 rings (SSSR count). The van der Waals surface area contributed by atoms with Crippen LogP contribution in [0.25, 0.3) is 0 Å². The molecule has 0 amide bonds. The lowest BCUT2D eigenvalue weighted by atomic mass is 9.97. The van der Waals surface area contributed by atoms with E-state index in [2.05, 4.69) is 4.72 Å². The summed E-state index contributed by atoms with van der Waals surface area (Å²) in [4.78, 5) is 0.171. The predicted octanol–water partition coefficient (Wildman–Crippen LogP) is 3.75. The molecule has 0 aliphatic carbocycles. The van der Waals surface area contributed by atoms with Gasteiger partial charge in [-0.25, -0.2) is 13.1 Å². The van der Waals surface area contributed by atoms with Crippen molar-refractivity contribution < 1.29 is 13.5 Å². The van der Waals surface area contributed by atoms with E-state index in [-0.39, 0.29) is 4.90 Å². The fourth-order valence-corrected chi connectivity index (χ4v) is 4.00. The molecule has 0 saturated heterocycles. The normalized spacial score (nSPS) is 13.9. The zero-order valence-corrected chi connectivity index (χ0v) is 15.2. The summed E-state index contributed by atoms with van der Waals surface area (Å²) in [6, 6.07) is 24.0. The molecular weight excluding hydrogens is 346 g/mol. The van der Waals surface area contributed by atoms with Gasteiger partial charge in [-0.3, -0.25) is 0 Å². The molecular formula is C21H21NO3S. The van der Waals surface area contributed by atoms with Crippen LogP contribution in [0.2, 0.25) is 0 Å². The van der Waals surface area contributed by atoms with Crippen LogP contribution in [-0.4, -0.2) is 13.5 Å². The summed E-state index contributed by atoms with van der Waals surface area (Å²) in [5.74, 6) is 0. The van der Waals surface area contributed by atoms with Crippen LogP contribution in [0.5, 0.6) is 0 Å². The monoisotopic (exact) mass is 367 g/mol. The second kappa shape index (κ2) is 7.83. The van der Waals surface area contributed by atoms with Crippen LogP contribution >= 0.6 is 0 Å². The van der Waals surface area contributed by atoms with Crippen molar-refractivity contribution in [1.82, 2.24) is 4.72 Å². The van der Waals surface area contributed by atoms with Gasteiger partial charge in [0.05, 0.1) is 17.0 Å². The largest absolute Gasteiger partial charge is 0.386 e. The molecule has 0 radical (unpaired) electrons. The Morgan fingerprint density at radius 2 is 1.27 bits per heavy atom. The van der Waals surface area contributed by atoms with Crippen molar-refractivity contribution in [1.29, 1.82) is 0 Å². The van der Waals surface area contributed by atoms with Crippen molar-refractivity contribution in [3.8, 4) is 0 Å². The minimum absolute atomic E-state index is 0.171. The molecule has 2 atom stereocenters. The molecule has 0 heterocycles. The van der Waals surface area contributed by atoms with Crippen molar-refractivity contribution >= 4 is 10.0 Å². The van der Waals surface area contributed by atoms with E-state index in [1.165, 1.54) is 0 Å². The maximum atomic E-state index is 12.8. The number of hydrogen-bond acceptors (Lipinski definition) is 3. The first-order valence-electron chi connectivity index (χ1n) is 8.34. The molecule has 3 aromatic rings. The number of benzene rings is 3. The number of rotatable bonds is 6. The molecule has 0 spiro atoms. The van der Waals surface area contributed by atoms with Crippen molar-refractivity contribution in [3.63, 3.8) is 0 Å². The molecule has 0 aliphatic heterocycles. The van der Waals surface area contributed by atoms with Crippen LogP contribution in [0.4, 0.5) is 0 Å². The minimum Gasteiger partial charge on any atom is -0.386 e. The highest BCUT2D eigenvalue weighted by Crippen LogP contribution is 2.30. The van der Waals surface area contributed by atoms with Crippen LogP contribution in [0.15, 0.2) is 89.8 Å². The van der Waals surface area contributed by atoms with E-state index in [4.69, 9.17) is 0 Å². The highest BCUT2D eigenvalue weighted by molar-refractivity contribution is 7.89. The molecule has 134 valence electrons. The van der Waals surface area contributed by atoms with Gasteiger partial charge in [-0.2, -0.15) is 0 Å². The molecule has 5 heteroatoms. The average molecular weight is 367 g/mol. The van der Waals surface area contributed by atoms with Crippen LogP contribution < -0.4 is 4.72 Å². The molecule has 0 saturated carbocycles. The molecule has 0 unspecified atom stereocenters. The molecule has 2 N–H and O–H groups in total. The maximum Gasteiger partial charge on any atom is 0.241 e. The SMILES string of the molecule is Cc1ccc(S(=O)(=O)N[C@H](c2ccccc2)[C@H](O)c2ccccc2)cc1. The molecule has 26 heavy (non-hydrogen) atoms. The van der Waals surface area contributed by atoms with Gasteiger partial charge in [-0.05, 0) is 30.2 Å². The smallest absolute Gasteiger partial charge is 0.241 e. The van der Waals surface area contributed by atoms with E-state index in [9.17, 15) is 13.5 Å². The number of aryl methyl sites for hydroxylation is 1. The van der Waals surface area contributed by atoms with Crippen molar-refractivity contribution in [3.05, 3.63) is 102 Å². The second-order valence-corrected chi connectivity index (χ2v) is 7.89. The van der Waals surface area contributed by atoms with Crippen LogP contribution in [0.3, 0.4) is 0 Å². The van der Waals surface area contributed by atoms with Crippen LogP contribution in [0.1, 0.15) is 28.8 Å². The minimum atomic E-state index is -3.79. The maximum absolute atomic E-state index is 12.8. The Bertz CT molecular complexity index is 940. The summed E-state index contributed by atoms with van der Waals surface area (Å²) in [5, 5.41) is 10.9. The molecule has 4 nitrogen and oxygen atoms in total. The van der Waals surface area contributed by atoms with E-state index < -0.39 is 22.2 Å². The quantitative estimate of drug-likeness (QED) is 0.697. The first-order valence-corrected chi connectivity index (χ1v) is 9.83. The lowest BCUT2D eigenvalue weighted by Gasteiger charge is -2.25. The van der Waals surface area contributed by atoms with Gasteiger partial charge in [0.15, 0.2) is 0 Å². The topological polar surface area (TPSA) is 66.4 Å². The van der Waals surface area contributed by atoms with E-state index >= 15 is 0 Å². The summed E-state index contributed by atoms with van der Waals surface area (Å²) >= 11 is 0. The lowest BCUT2D eigenvalue weighted by molar-refractivity contribution is 0.139. The number of nitrogens with one attached hydrogen (secondary N) is 1. The van der Waals surface area contributed by atoms with Gasteiger partial charge in [0.1, 0.15) is 0 Å². The number of hydrogen-bond donors (Lipinski definition) is 2. The van der Waals surface area contributed by atoms with Crippen LogP contribution in [-0.2, 0) is 10.0 Å². The Morgan fingerprint density at radius 3 is 1.81 bits per heavy atom. The Morgan fingerprint density at radius 1 is 0.769 bits per heavy atom. The average Bonchev–Trinajstić information content (AvgIpc) is 2.67. The van der Waals surface area contributed by atoms with Crippen LogP contribution in [0, 0.1) is 6.92 Å². The summed E-state index contributed by atoms with van der Waals surface area (Å²) < 4.78 is 28.3. The third-order valence-electron chi connectivity index (χ3n) is 4.23. The molecule has 3 aromatic carbocycles. The van der Waals surface area contributed by atoms with Gasteiger partial charge < -0.3 is 5.11 Å². The number of aliphatic hydroxyl groups excluding tert-OH is 1. The van der Waals surface area contributed by atoms with E-state index in [0.29, 0.717) is 11.1 Å². The summed E-state index contributed by atoms with van der Waals surface area (Å²) in [6.45, 7) is 1.90. The Kier molecular flexibility index (Phi) is 5.52. The second-order valence-electron chi connectivity index (χ2n) is 6.18. The van der Waals surface area contributed by atoms with Crippen molar-refractivity contribution in [2.75, 3.05) is 0 Å². The first kappa shape index (κ1) is 18.3. The fourth-order valence-electron chi connectivity index (χ4n) is 2.77. The zero-order valence-electron chi connectivity index (χ0n) is 14.4. The zero-order chi connectivity index (χ0) is 18.6. The van der Waals surface area contributed by atoms with Gasteiger partial charge in [0.25, 0.3) is 0 Å². The highest BCUT2D eigenvalue weighted by atomic mass is 32.2. The molecule has 0 fully saturated rings. The van der Waals surface area contributed by atoms with Gasteiger partial charge in [-0.15, -0.1) is 0 Å². The van der Waals surface area contributed by atoms with Gasteiger partial charge in [0.2, 0.25) is 10.0 Å². The standard InChI is InChI=1S/C21H21NO3S/c1-16-12-14-19(15-13-16)26(24,25)22-20(17-8-4-2-5-9-17)21(23)18-10-6-3-7-11-18/h2-15,20-23H,1H3/t20-,21-/m1/s1. The van der Waals surface area contributed by atoms with Crippen molar-refractivity contribution in [2.24, 2.45) is 0 Å². The Hall–Kier alpha value is -2.47. The van der Waals surface area contributed by atoms with E-state index in [1.807, 2.05) is 43.3 Å². The first-order chi connectivity index (χ1) is 12.5. The third-order valence-corrected chi connectivity index (χ3v) is 5.69. The number of aliphatic hydroxyl groups is 1. The Labute approximate surface area is 154 Å².